The summed E-state index contributed by atoms with van der Waals surface area (Å²) >= 11 is 0. The van der Waals surface area contributed by atoms with Gasteiger partial charge in [-0.2, -0.15) is 0 Å². The van der Waals surface area contributed by atoms with Crippen LogP contribution in [0.1, 0.15) is 33.1 Å². The third kappa shape index (κ3) is 3.01. The molecule has 1 rings (SSSR count). The quantitative estimate of drug-likeness (QED) is 0.713. The summed E-state index contributed by atoms with van der Waals surface area (Å²) in [5, 5.41) is 11.7. The molecular formula is C10H17NO3. The van der Waals surface area contributed by atoms with Crippen molar-refractivity contribution >= 4 is 11.9 Å². The summed E-state index contributed by atoms with van der Waals surface area (Å²) in [7, 11) is 0. The number of carboxylic acid groups (broad SMARTS) is 1. The summed E-state index contributed by atoms with van der Waals surface area (Å²) in [6, 6.07) is 0.0392. The molecule has 0 aromatic rings. The summed E-state index contributed by atoms with van der Waals surface area (Å²) in [5.74, 6) is -0.997. The SMILES string of the molecule is CC(C)C[C@H]1C[C@H](C(=O)O)CC(=O)N1. The van der Waals surface area contributed by atoms with Gasteiger partial charge >= 0.3 is 5.97 Å². The zero-order chi connectivity index (χ0) is 10.7. The van der Waals surface area contributed by atoms with E-state index in [9.17, 15) is 9.59 Å². The smallest absolute Gasteiger partial charge is 0.307 e. The zero-order valence-electron chi connectivity index (χ0n) is 8.62. The van der Waals surface area contributed by atoms with Gasteiger partial charge in [-0.15, -0.1) is 0 Å². The van der Waals surface area contributed by atoms with E-state index < -0.39 is 11.9 Å². The Hall–Kier alpha value is -1.06. The number of carbonyl (C=O) groups is 2. The lowest BCUT2D eigenvalue weighted by molar-refractivity contribution is -0.146. The molecule has 0 unspecified atom stereocenters. The molecule has 0 aliphatic carbocycles. The first kappa shape index (κ1) is 11.0. The van der Waals surface area contributed by atoms with Crippen LogP contribution >= 0.6 is 0 Å². The number of hydrogen-bond acceptors (Lipinski definition) is 2. The Labute approximate surface area is 83.7 Å². The highest BCUT2D eigenvalue weighted by Crippen LogP contribution is 2.21. The molecule has 14 heavy (non-hydrogen) atoms. The summed E-state index contributed by atoms with van der Waals surface area (Å²) in [5.41, 5.74) is 0. The van der Waals surface area contributed by atoms with E-state index in [1.165, 1.54) is 0 Å². The Kier molecular flexibility index (Phi) is 3.49. The fourth-order valence-corrected chi connectivity index (χ4v) is 1.91. The van der Waals surface area contributed by atoms with Crippen molar-refractivity contribution in [3.63, 3.8) is 0 Å². The van der Waals surface area contributed by atoms with Crippen LogP contribution < -0.4 is 5.32 Å². The normalized spacial score (nSPS) is 27.5. The summed E-state index contributed by atoms with van der Waals surface area (Å²) in [6.45, 7) is 4.13. The third-order valence-corrected chi connectivity index (χ3v) is 2.47. The van der Waals surface area contributed by atoms with Crippen LogP contribution in [-0.2, 0) is 9.59 Å². The number of carboxylic acids is 1. The molecule has 0 radical (unpaired) electrons. The lowest BCUT2D eigenvalue weighted by atomic mass is 9.88. The minimum absolute atomic E-state index is 0.0392. The summed E-state index contributed by atoms with van der Waals surface area (Å²) in [6.07, 6.45) is 1.55. The fraction of sp³-hybridized carbons (Fsp3) is 0.800. The van der Waals surface area contributed by atoms with E-state index in [0.29, 0.717) is 12.3 Å². The third-order valence-electron chi connectivity index (χ3n) is 2.47. The Morgan fingerprint density at radius 2 is 2.29 bits per heavy atom. The lowest BCUT2D eigenvalue weighted by Crippen LogP contribution is -2.44. The molecule has 0 spiro atoms. The van der Waals surface area contributed by atoms with E-state index in [-0.39, 0.29) is 18.4 Å². The molecule has 1 aliphatic rings. The molecule has 0 saturated carbocycles. The van der Waals surface area contributed by atoms with E-state index in [2.05, 4.69) is 19.2 Å². The van der Waals surface area contributed by atoms with Crippen LogP contribution in [0, 0.1) is 11.8 Å². The molecule has 4 heteroatoms. The highest BCUT2D eigenvalue weighted by atomic mass is 16.4. The van der Waals surface area contributed by atoms with Crippen LogP contribution in [0.3, 0.4) is 0 Å². The highest BCUT2D eigenvalue weighted by Gasteiger charge is 2.31. The molecule has 2 atom stereocenters. The first-order chi connectivity index (χ1) is 6.49. The molecule has 0 aromatic carbocycles. The highest BCUT2D eigenvalue weighted by molar-refractivity contribution is 5.83. The standard InChI is InChI=1S/C10H17NO3/c1-6(2)3-8-4-7(10(13)14)5-9(12)11-8/h6-8H,3-5H2,1-2H3,(H,11,12)(H,13,14)/t7-,8-/m0/s1. The molecule has 0 aromatic heterocycles. The lowest BCUT2D eigenvalue weighted by Gasteiger charge is -2.28. The number of rotatable bonds is 3. The average molecular weight is 199 g/mol. The summed E-state index contributed by atoms with van der Waals surface area (Å²) < 4.78 is 0. The number of nitrogens with one attached hydrogen (secondary N) is 1. The van der Waals surface area contributed by atoms with Crippen LogP contribution in [0.5, 0.6) is 0 Å². The number of hydrogen-bond donors (Lipinski definition) is 2. The molecule has 80 valence electrons. The van der Waals surface area contributed by atoms with Crippen LogP contribution in [0.4, 0.5) is 0 Å². The van der Waals surface area contributed by atoms with Crippen molar-refractivity contribution < 1.29 is 14.7 Å². The first-order valence-corrected chi connectivity index (χ1v) is 5.01. The molecule has 2 N–H and O–H groups in total. The minimum atomic E-state index is -0.853. The van der Waals surface area contributed by atoms with Gasteiger partial charge in [0.1, 0.15) is 0 Å². The van der Waals surface area contributed by atoms with Crippen LogP contribution in [0.15, 0.2) is 0 Å². The Morgan fingerprint density at radius 3 is 2.79 bits per heavy atom. The van der Waals surface area contributed by atoms with Gasteiger partial charge in [-0.3, -0.25) is 9.59 Å². The maximum absolute atomic E-state index is 11.2. The van der Waals surface area contributed by atoms with E-state index in [4.69, 9.17) is 5.11 Å². The van der Waals surface area contributed by atoms with Gasteiger partial charge in [0.05, 0.1) is 5.92 Å². The Bertz CT molecular complexity index is 238. The maximum atomic E-state index is 11.2. The molecule has 1 amide bonds. The predicted molar refractivity (Wildman–Crippen MR) is 51.7 cm³/mol. The number of carbonyl (C=O) groups excluding carboxylic acids is 1. The van der Waals surface area contributed by atoms with Gasteiger partial charge in [0.25, 0.3) is 0 Å². The van der Waals surface area contributed by atoms with Gasteiger partial charge in [-0.25, -0.2) is 0 Å². The number of piperidine rings is 1. The van der Waals surface area contributed by atoms with Crippen LogP contribution in [-0.4, -0.2) is 23.0 Å². The van der Waals surface area contributed by atoms with Crippen LogP contribution in [0.2, 0.25) is 0 Å². The predicted octanol–water partition coefficient (Wildman–Crippen LogP) is 1.01. The van der Waals surface area contributed by atoms with Gasteiger partial charge in [0.15, 0.2) is 0 Å². The second-order valence-corrected chi connectivity index (χ2v) is 4.37. The van der Waals surface area contributed by atoms with E-state index in [1.807, 2.05) is 0 Å². The van der Waals surface area contributed by atoms with Gasteiger partial charge in [-0.1, -0.05) is 13.8 Å². The molecule has 4 nitrogen and oxygen atoms in total. The van der Waals surface area contributed by atoms with Gasteiger partial charge in [-0.05, 0) is 18.8 Å². The van der Waals surface area contributed by atoms with Crippen molar-refractivity contribution in [1.29, 1.82) is 0 Å². The van der Waals surface area contributed by atoms with Crippen molar-refractivity contribution in [1.82, 2.24) is 5.32 Å². The second-order valence-electron chi connectivity index (χ2n) is 4.37. The molecule has 0 bridgehead atoms. The van der Waals surface area contributed by atoms with Gasteiger partial charge in [0, 0.05) is 12.5 Å². The van der Waals surface area contributed by atoms with Crippen molar-refractivity contribution in [3.05, 3.63) is 0 Å². The monoisotopic (exact) mass is 199 g/mol. The first-order valence-electron chi connectivity index (χ1n) is 5.01. The average Bonchev–Trinajstić information content (AvgIpc) is 2.01. The van der Waals surface area contributed by atoms with Crippen molar-refractivity contribution in [2.45, 2.75) is 39.2 Å². The second kappa shape index (κ2) is 4.44. The van der Waals surface area contributed by atoms with Crippen molar-refractivity contribution in [3.8, 4) is 0 Å². The molecule has 1 fully saturated rings. The number of aliphatic carboxylic acids is 1. The molecular weight excluding hydrogens is 182 g/mol. The largest absolute Gasteiger partial charge is 0.481 e. The fourth-order valence-electron chi connectivity index (χ4n) is 1.91. The summed E-state index contributed by atoms with van der Waals surface area (Å²) in [4.78, 5) is 21.9. The molecule has 1 heterocycles. The Balaban J connectivity index is 2.54. The van der Waals surface area contributed by atoms with Crippen molar-refractivity contribution in [2.24, 2.45) is 11.8 Å². The molecule has 1 aliphatic heterocycles. The van der Waals surface area contributed by atoms with Gasteiger partial charge < -0.3 is 10.4 Å². The molecule has 1 saturated heterocycles. The van der Waals surface area contributed by atoms with E-state index in [1.54, 1.807) is 0 Å². The topological polar surface area (TPSA) is 66.4 Å². The maximum Gasteiger partial charge on any atom is 0.307 e. The van der Waals surface area contributed by atoms with Crippen LogP contribution in [0.25, 0.3) is 0 Å². The van der Waals surface area contributed by atoms with E-state index >= 15 is 0 Å². The van der Waals surface area contributed by atoms with E-state index in [0.717, 1.165) is 6.42 Å². The number of amides is 1. The Morgan fingerprint density at radius 1 is 1.64 bits per heavy atom. The van der Waals surface area contributed by atoms with Gasteiger partial charge in [0.2, 0.25) is 5.91 Å². The van der Waals surface area contributed by atoms with Crippen molar-refractivity contribution in [2.75, 3.05) is 0 Å². The zero-order valence-corrected chi connectivity index (χ0v) is 8.62. The minimum Gasteiger partial charge on any atom is -0.481 e.